The molecule has 1 fully saturated rings. The Bertz CT molecular complexity index is 190. The molecular formula is C13H28N2O2. The molecule has 1 aliphatic heterocycles. The molecule has 102 valence electrons. The van der Waals surface area contributed by atoms with Crippen molar-refractivity contribution in [2.75, 3.05) is 39.4 Å². The average molecular weight is 244 g/mol. The number of aliphatic hydroxyl groups excluding tert-OH is 1. The van der Waals surface area contributed by atoms with Crippen molar-refractivity contribution in [1.82, 2.24) is 10.2 Å². The van der Waals surface area contributed by atoms with Crippen molar-refractivity contribution in [3.63, 3.8) is 0 Å². The smallest absolute Gasteiger partial charge is 0.0700 e. The number of hydrogen-bond donors (Lipinski definition) is 2. The van der Waals surface area contributed by atoms with E-state index in [0.717, 1.165) is 52.0 Å². The molecule has 0 aromatic rings. The van der Waals surface area contributed by atoms with E-state index < -0.39 is 0 Å². The van der Waals surface area contributed by atoms with Crippen LogP contribution in [-0.2, 0) is 4.74 Å². The van der Waals surface area contributed by atoms with Gasteiger partial charge in [-0.3, -0.25) is 4.90 Å². The van der Waals surface area contributed by atoms with Crippen LogP contribution in [-0.4, -0.2) is 61.5 Å². The summed E-state index contributed by atoms with van der Waals surface area (Å²) in [5.74, 6) is 0. The van der Waals surface area contributed by atoms with E-state index in [-0.39, 0.29) is 12.6 Å². The molecule has 0 bridgehead atoms. The van der Waals surface area contributed by atoms with E-state index in [0.29, 0.717) is 6.10 Å². The summed E-state index contributed by atoms with van der Waals surface area (Å²) < 4.78 is 5.65. The quantitative estimate of drug-likeness (QED) is 0.664. The number of rotatable bonds is 8. The van der Waals surface area contributed by atoms with Gasteiger partial charge in [0.05, 0.1) is 19.3 Å². The normalized spacial score (nSPS) is 23.8. The van der Waals surface area contributed by atoms with Gasteiger partial charge in [-0.1, -0.05) is 13.8 Å². The average Bonchev–Trinajstić information content (AvgIpc) is 2.39. The van der Waals surface area contributed by atoms with Gasteiger partial charge in [-0.15, -0.1) is 0 Å². The summed E-state index contributed by atoms with van der Waals surface area (Å²) in [5.41, 5.74) is 0. The van der Waals surface area contributed by atoms with Gasteiger partial charge in [0.25, 0.3) is 0 Å². The lowest BCUT2D eigenvalue weighted by atomic mass is 10.1. The first-order valence-electron chi connectivity index (χ1n) is 6.98. The summed E-state index contributed by atoms with van der Waals surface area (Å²) >= 11 is 0. The Balaban J connectivity index is 2.18. The molecule has 0 saturated carbocycles. The minimum absolute atomic E-state index is 0.238. The molecule has 0 aliphatic carbocycles. The van der Waals surface area contributed by atoms with Gasteiger partial charge >= 0.3 is 0 Å². The summed E-state index contributed by atoms with van der Waals surface area (Å²) in [7, 11) is 0. The Morgan fingerprint density at radius 3 is 2.94 bits per heavy atom. The summed E-state index contributed by atoms with van der Waals surface area (Å²) in [4.78, 5) is 2.45. The highest BCUT2D eigenvalue weighted by atomic mass is 16.5. The van der Waals surface area contributed by atoms with E-state index in [1.54, 1.807) is 0 Å². The second-order valence-electron chi connectivity index (χ2n) is 4.82. The molecule has 0 amide bonds. The fraction of sp³-hybridized carbons (Fsp3) is 1.00. The zero-order valence-corrected chi connectivity index (χ0v) is 11.3. The third-order valence-electron chi connectivity index (χ3n) is 3.38. The third kappa shape index (κ3) is 5.82. The van der Waals surface area contributed by atoms with Crippen LogP contribution in [0.4, 0.5) is 0 Å². The maximum absolute atomic E-state index is 9.27. The molecule has 2 unspecified atom stereocenters. The molecule has 0 aromatic heterocycles. The van der Waals surface area contributed by atoms with Gasteiger partial charge in [0, 0.05) is 19.1 Å². The zero-order chi connectivity index (χ0) is 12.5. The highest BCUT2D eigenvalue weighted by Crippen LogP contribution is 2.09. The van der Waals surface area contributed by atoms with Crippen LogP contribution in [0, 0.1) is 0 Å². The Hall–Kier alpha value is -0.160. The van der Waals surface area contributed by atoms with Crippen molar-refractivity contribution < 1.29 is 9.84 Å². The summed E-state index contributed by atoms with van der Waals surface area (Å²) in [5, 5.41) is 12.7. The molecule has 0 radical (unpaired) electrons. The largest absolute Gasteiger partial charge is 0.395 e. The maximum atomic E-state index is 9.27. The van der Waals surface area contributed by atoms with E-state index in [9.17, 15) is 5.11 Å². The Morgan fingerprint density at radius 1 is 1.47 bits per heavy atom. The van der Waals surface area contributed by atoms with Crippen LogP contribution >= 0.6 is 0 Å². The van der Waals surface area contributed by atoms with Crippen molar-refractivity contribution in [2.24, 2.45) is 0 Å². The van der Waals surface area contributed by atoms with E-state index in [1.165, 1.54) is 0 Å². The van der Waals surface area contributed by atoms with Crippen molar-refractivity contribution in [3.8, 4) is 0 Å². The standard InChI is InChI=1S/C13H28N2O2/c1-3-6-14-12(11-16)5-7-15-8-9-17-13(4-2)10-15/h12-14,16H,3-11H2,1-2H3. The van der Waals surface area contributed by atoms with Gasteiger partial charge in [-0.25, -0.2) is 0 Å². The van der Waals surface area contributed by atoms with Crippen LogP contribution in [0.5, 0.6) is 0 Å². The molecule has 4 heteroatoms. The molecule has 4 nitrogen and oxygen atoms in total. The second-order valence-corrected chi connectivity index (χ2v) is 4.82. The number of morpholine rings is 1. The minimum Gasteiger partial charge on any atom is -0.395 e. The molecule has 0 spiro atoms. The molecule has 1 aliphatic rings. The van der Waals surface area contributed by atoms with Crippen LogP contribution in [0.3, 0.4) is 0 Å². The van der Waals surface area contributed by atoms with Gasteiger partial charge < -0.3 is 15.2 Å². The first kappa shape index (κ1) is 14.9. The summed E-state index contributed by atoms with van der Waals surface area (Å²) in [6.45, 7) is 9.54. The second kappa shape index (κ2) is 8.86. The zero-order valence-electron chi connectivity index (χ0n) is 11.3. The highest BCUT2D eigenvalue weighted by molar-refractivity contribution is 4.73. The predicted molar refractivity (Wildman–Crippen MR) is 70.3 cm³/mol. The lowest BCUT2D eigenvalue weighted by molar-refractivity contribution is -0.0308. The Kier molecular flexibility index (Phi) is 7.77. The number of hydrogen-bond acceptors (Lipinski definition) is 4. The summed E-state index contributed by atoms with van der Waals surface area (Å²) in [6.07, 6.45) is 3.63. The number of aliphatic hydroxyl groups is 1. The number of nitrogens with zero attached hydrogens (tertiary/aromatic N) is 1. The first-order valence-corrected chi connectivity index (χ1v) is 6.98. The molecule has 17 heavy (non-hydrogen) atoms. The van der Waals surface area contributed by atoms with Crippen molar-refractivity contribution in [3.05, 3.63) is 0 Å². The molecule has 2 N–H and O–H groups in total. The first-order chi connectivity index (χ1) is 8.30. The Morgan fingerprint density at radius 2 is 2.29 bits per heavy atom. The topological polar surface area (TPSA) is 44.7 Å². The highest BCUT2D eigenvalue weighted by Gasteiger charge is 2.19. The fourth-order valence-electron chi connectivity index (χ4n) is 2.18. The molecule has 0 aromatic carbocycles. The lowest BCUT2D eigenvalue weighted by Crippen LogP contribution is -2.44. The monoisotopic (exact) mass is 244 g/mol. The molecular weight excluding hydrogens is 216 g/mol. The molecule has 2 atom stereocenters. The molecule has 1 rings (SSSR count). The SMILES string of the molecule is CCCNC(CO)CCN1CCOC(CC)C1. The van der Waals surface area contributed by atoms with Gasteiger partial charge in [0.1, 0.15) is 0 Å². The van der Waals surface area contributed by atoms with Crippen LogP contribution in [0.2, 0.25) is 0 Å². The lowest BCUT2D eigenvalue weighted by Gasteiger charge is -2.33. The van der Waals surface area contributed by atoms with Gasteiger partial charge in [0.15, 0.2) is 0 Å². The van der Waals surface area contributed by atoms with Gasteiger partial charge in [-0.05, 0) is 32.4 Å². The molecule has 1 saturated heterocycles. The van der Waals surface area contributed by atoms with E-state index in [2.05, 4.69) is 24.1 Å². The Labute approximate surface area is 105 Å². The van der Waals surface area contributed by atoms with Crippen LogP contribution in [0.25, 0.3) is 0 Å². The van der Waals surface area contributed by atoms with Crippen LogP contribution in [0.15, 0.2) is 0 Å². The maximum Gasteiger partial charge on any atom is 0.0700 e. The van der Waals surface area contributed by atoms with Crippen molar-refractivity contribution >= 4 is 0 Å². The van der Waals surface area contributed by atoms with E-state index in [4.69, 9.17) is 4.74 Å². The number of nitrogens with one attached hydrogen (secondary N) is 1. The molecule has 1 heterocycles. The summed E-state index contributed by atoms with van der Waals surface area (Å²) in [6, 6.07) is 0.248. The van der Waals surface area contributed by atoms with Crippen LogP contribution < -0.4 is 5.32 Å². The van der Waals surface area contributed by atoms with E-state index >= 15 is 0 Å². The van der Waals surface area contributed by atoms with Gasteiger partial charge in [0.2, 0.25) is 0 Å². The van der Waals surface area contributed by atoms with Crippen molar-refractivity contribution in [1.29, 1.82) is 0 Å². The predicted octanol–water partition coefficient (Wildman–Crippen LogP) is 0.848. The van der Waals surface area contributed by atoms with Crippen LogP contribution in [0.1, 0.15) is 33.1 Å². The van der Waals surface area contributed by atoms with Gasteiger partial charge in [-0.2, -0.15) is 0 Å². The van der Waals surface area contributed by atoms with E-state index in [1.807, 2.05) is 0 Å². The third-order valence-corrected chi connectivity index (χ3v) is 3.38. The van der Waals surface area contributed by atoms with Crippen molar-refractivity contribution in [2.45, 2.75) is 45.3 Å². The fourth-order valence-corrected chi connectivity index (χ4v) is 2.18. The minimum atomic E-state index is 0.238. The number of ether oxygens (including phenoxy) is 1.